The lowest BCUT2D eigenvalue weighted by atomic mass is 10.1. The maximum atomic E-state index is 12.8. The number of piperazine rings is 1. The Labute approximate surface area is 159 Å². The number of rotatable bonds is 6. The van der Waals surface area contributed by atoms with Gasteiger partial charge in [-0.15, -0.1) is 0 Å². The van der Waals surface area contributed by atoms with E-state index < -0.39 is 10.0 Å². The summed E-state index contributed by atoms with van der Waals surface area (Å²) >= 11 is 0. The Morgan fingerprint density at radius 1 is 0.926 bits per heavy atom. The van der Waals surface area contributed by atoms with Crippen molar-refractivity contribution < 1.29 is 12.9 Å². The summed E-state index contributed by atoms with van der Waals surface area (Å²) in [5.41, 5.74) is 2.41. The monoisotopic (exact) mass is 385 g/mol. The first-order chi connectivity index (χ1) is 13.1. The fraction of sp³-hybridized carbons (Fsp3) is 0.350. The third kappa shape index (κ3) is 4.21. The number of fused-ring (bicyclic) bond motifs is 1. The van der Waals surface area contributed by atoms with Gasteiger partial charge in [-0.25, -0.2) is 8.42 Å². The van der Waals surface area contributed by atoms with Crippen molar-refractivity contribution in [2.24, 2.45) is 0 Å². The maximum absolute atomic E-state index is 12.8. The molecule has 3 aromatic rings. The standard InChI is InChI=1S/C20H23N3O3S/c24-27(25,16-19-18-8-4-5-9-20(18)26-21-19)23-14-12-22(13-15-23)11-10-17-6-2-1-3-7-17/h1-9H,10-16H2. The van der Waals surface area contributed by atoms with Crippen LogP contribution in [0, 0.1) is 0 Å². The second-order valence-corrected chi connectivity index (χ2v) is 8.83. The molecule has 1 aliphatic heterocycles. The highest BCUT2D eigenvalue weighted by atomic mass is 32.2. The van der Waals surface area contributed by atoms with Crippen LogP contribution < -0.4 is 0 Å². The van der Waals surface area contributed by atoms with Crippen molar-refractivity contribution in [1.82, 2.24) is 14.4 Å². The molecule has 2 heterocycles. The van der Waals surface area contributed by atoms with E-state index in [4.69, 9.17) is 4.52 Å². The zero-order chi connectivity index (χ0) is 18.7. The summed E-state index contributed by atoms with van der Waals surface area (Å²) in [5, 5.41) is 4.73. The molecule has 0 bridgehead atoms. The molecule has 0 unspecified atom stereocenters. The highest BCUT2D eigenvalue weighted by Gasteiger charge is 2.28. The predicted molar refractivity (Wildman–Crippen MR) is 105 cm³/mol. The molecule has 142 valence electrons. The number of nitrogens with zero attached hydrogens (tertiary/aromatic N) is 3. The van der Waals surface area contributed by atoms with Crippen molar-refractivity contribution in [1.29, 1.82) is 0 Å². The molecule has 6 nitrogen and oxygen atoms in total. The fourth-order valence-electron chi connectivity index (χ4n) is 3.47. The predicted octanol–water partition coefficient (Wildman–Crippen LogP) is 2.52. The molecule has 0 spiro atoms. The van der Waals surface area contributed by atoms with E-state index in [-0.39, 0.29) is 5.75 Å². The van der Waals surface area contributed by atoms with E-state index in [1.54, 1.807) is 10.4 Å². The van der Waals surface area contributed by atoms with Gasteiger partial charge in [-0.05, 0) is 24.1 Å². The molecule has 0 atom stereocenters. The van der Waals surface area contributed by atoms with E-state index in [1.165, 1.54) is 5.56 Å². The van der Waals surface area contributed by atoms with Crippen LogP contribution in [0.4, 0.5) is 0 Å². The van der Waals surface area contributed by atoms with E-state index in [0.29, 0.717) is 24.4 Å². The quantitative estimate of drug-likeness (QED) is 0.652. The zero-order valence-corrected chi connectivity index (χ0v) is 15.9. The SMILES string of the molecule is O=S(=O)(Cc1noc2ccccc12)N1CCN(CCc2ccccc2)CC1. The third-order valence-electron chi connectivity index (χ3n) is 5.06. The van der Waals surface area contributed by atoms with Gasteiger partial charge in [0.1, 0.15) is 11.4 Å². The molecule has 1 aromatic heterocycles. The normalized spacial score (nSPS) is 16.7. The van der Waals surface area contributed by atoms with Crippen LogP contribution >= 0.6 is 0 Å². The second-order valence-electron chi connectivity index (χ2n) is 6.86. The van der Waals surface area contributed by atoms with Crippen molar-refractivity contribution >= 4 is 21.0 Å². The van der Waals surface area contributed by atoms with Crippen LogP contribution in [0.5, 0.6) is 0 Å². The second kappa shape index (κ2) is 7.80. The first-order valence-corrected chi connectivity index (χ1v) is 10.8. The van der Waals surface area contributed by atoms with Crippen molar-refractivity contribution in [3.8, 4) is 0 Å². The fourth-order valence-corrected chi connectivity index (χ4v) is 4.93. The Morgan fingerprint density at radius 2 is 1.63 bits per heavy atom. The van der Waals surface area contributed by atoms with E-state index in [2.05, 4.69) is 22.2 Å². The molecule has 27 heavy (non-hydrogen) atoms. The summed E-state index contributed by atoms with van der Waals surface area (Å²) < 4.78 is 32.4. The lowest BCUT2D eigenvalue weighted by Gasteiger charge is -2.33. The third-order valence-corrected chi connectivity index (χ3v) is 6.85. The van der Waals surface area contributed by atoms with Gasteiger partial charge >= 0.3 is 0 Å². The lowest BCUT2D eigenvalue weighted by Crippen LogP contribution is -2.49. The summed E-state index contributed by atoms with van der Waals surface area (Å²) in [4.78, 5) is 2.32. The largest absolute Gasteiger partial charge is 0.356 e. The molecule has 0 aliphatic carbocycles. The van der Waals surface area contributed by atoms with Gasteiger partial charge in [0.2, 0.25) is 10.0 Å². The highest BCUT2D eigenvalue weighted by molar-refractivity contribution is 7.88. The number of hydrogen-bond donors (Lipinski definition) is 0. The minimum absolute atomic E-state index is 0.117. The van der Waals surface area contributed by atoms with Crippen LogP contribution in [-0.2, 0) is 22.2 Å². The minimum atomic E-state index is -3.40. The summed E-state index contributed by atoms with van der Waals surface area (Å²) in [6.07, 6.45) is 0.985. The summed E-state index contributed by atoms with van der Waals surface area (Å²) in [5.74, 6) is -0.117. The van der Waals surface area contributed by atoms with Crippen LogP contribution in [0.15, 0.2) is 59.1 Å². The summed E-state index contributed by atoms with van der Waals surface area (Å²) in [6.45, 7) is 3.50. The molecule has 1 aliphatic rings. The topological polar surface area (TPSA) is 66.7 Å². The van der Waals surface area contributed by atoms with Gasteiger partial charge in [0.15, 0.2) is 5.58 Å². The zero-order valence-electron chi connectivity index (χ0n) is 15.1. The molecule has 1 saturated heterocycles. The van der Waals surface area contributed by atoms with Gasteiger partial charge < -0.3 is 9.42 Å². The Kier molecular flexibility index (Phi) is 5.24. The van der Waals surface area contributed by atoms with E-state index in [0.717, 1.165) is 31.4 Å². The van der Waals surface area contributed by atoms with Crippen LogP contribution in [-0.4, -0.2) is 55.5 Å². The number of benzene rings is 2. The van der Waals surface area contributed by atoms with E-state index in [9.17, 15) is 8.42 Å². The Bertz CT molecular complexity index is 993. The molecule has 4 rings (SSSR count). The molecule has 0 saturated carbocycles. The molecule has 0 amide bonds. The molecule has 0 radical (unpaired) electrons. The number of aromatic nitrogens is 1. The van der Waals surface area contributed by atoms with Gasteiger partial charge in [0.05, 0.1) is 0 Å². The molecular formula is C20H23N3O3S. The molecule has 1 fully saturated rings. The van der Waals surface area contributed by atoms with Gasteiger partial charge in [0.25, 0.3) is 0 Å². The Morgan fingerprint density at radius 3 is 2.41 bits per heavy atom. The minimum Gasteiger partial charge on any atom is -0.356 e. The number of para-hydroxylation sites is 1. The van der Waals surface area contributed by atoms with Gasteiger partial charge in [-0.3, -0.25) is 0 Å². The van der Waals surface area contributed by atoms with Crippen molar-refractivity contribution in [3.05, 3.63) is 65.9 Å². The van der Waals surface area contributed by atoms with Gasteiger partial charge in [-0.1, -0.05) is 47.6 Å². The number of sulfonamides is 1. The molecule has 0 N–H and O–H groups in total. The van der Waals surface area contributed by atoms with Crippen LogP contribution in [0.3, 0.4) is 0 Å². The van der Waals surface area contributed by atoms with E-state index in [1.807, 2.05) is 36.4 Å². The summed E-state index contributed by atoms with van der Waals surface area (Å²) in [6, 6.07) is 17.7. The van der Waals surface area contributed by atoms with E-state index >= 15 is 0 Å². The lowest BCUT2D eigenvalue weighted by molar-refractivity contribution is 0.190. The first-order valence-electron chi connectivity index (χ1n) is 9.19. The van der Waals surface area contributed by atoms with Crippen molar-refractivity contribution in [2.45, 2.75) is 12.2 Å². The average Bonchev–Trinajstić information content (AvgIpc) is 3.10. The molecule has 7 heteroatoms. The molecular weight excluding hydrogens is 362 g/mol. The van der Waals surface area contributed by atoms with Gasteiger partial charge in [0, 0.05) is 38.1 Å². The Balaban J connectivity index is 1.34. The van der Waals surface area contributed by atoms with Gasteiger partial charge in [-0.2, -0.15) is 4.31 Å². The van der Waals surface area contributed by atoms with Crippen LogP contribution in [0.25, 0.3) is 11.0 Å². The Hall–Kier alpha value is -2.22. The summed E-state index contributed by atoms with van der Waals surface area (Å²) in [7, 11) is -3.40. The maximum Gasteiger partial charge on any atom is 0.220 e. The molecule has 2 aromatic carbocycles. The smallest absolute Gasteiger partial charge is 0.220 e. The van der Waals surface area contributed by atoms with Crippen LogP contribution in [0.2, 0.25) is 0 Å². The van der Waals surface area contributed by atoms with Crippen LogP contribution in [0.1, 0.15) is 11.3 Å². The van der Waals surface area contributed by atoms with Crippen molar-refractivity contribution in [2.75, 3.05) is 32.7 Å². The van der Waals surface area contributed by atoms with Crippen molar-refractivity contribution in [3.63, 3.8) is 0 Å². The first kappa shape index (κ1) is 18.2. The average molecular weight is 385 g/mol. The number of hydrogen-bond acceptors (Lipinski definition) is 5. The highest BCUT2D eigenvalue weighted by Crippen LogP contribution is 2.21.